The predicted molar refractivity (Wildman–Crippen MR) is 283 cm³/mol. The summed E-state index contributed by atoms with van der Waals surface area (Å²) < 4.78 is 0. The molecule has 0 spiro atoms. The third-order valence-corrected chi connectivity index (χ3v) is 11.1. The van der Waals surface area contributed by atoms with Gasteiger partial charge in [0.2, 0.25) is 0 Å². The molecule has 11 nitrogen and oxygen atoms in total. The summed E-state index contributed by atoms with van der Waals surface area (Å²) in [5.74, 6) is -5.69. The van der Waals surface area contributed by atoms with Crippen LogP contribution in [0.3, 0.4) is 0 Å². The van der Waals surface area contributed by atoms with Gasteiger partial charge in [0.25, 0.3) is 0 Å². The molecule has 0 radical (unpaired) electrons. The molecule has 0 aromatic heterocycles. The normalized spacial score (nSPS) is 11.7. The van der Waals surface area contributed by atoms with Crippen LogP contribution in [0.15, 0.2) is 194 Å². The molecule has 0 amide bonds. The summed E-state index contributed by atoms with van der Waals surface area (Å²) in [6.07, 6.45) is 15.5. The number of benzene rings is 7. The predicted octanol–water partition coefficient (Wildman–Crippen LogP) is 13.3. The number of hydrogen-bond acceptors (Lipinski definition) is 6. The van der Waals surface area contributed by atoms with Crippen LogP contribution in [0.5, 0.6) is 0 Å². The molecule has 6 N–H and O–H groups in total. The van der Waals surface area contributed by atoms with E-state index in [1.807, 2.05) is 109 Å². The molecule has 0 bridgehead atoms. The number of aliphatic carboxylic acids is 5. The average molecular weight is 953 g/mol. The van der Waals surface area contributed by atoms with Crippen molar-refractivity contribution in [3.8, 4) is 66.8 Å². The van der Waals surface area contributed by atoms with Gasteiger partial charge < -0.3 is 30.6 Å². The Morgan fingerprint density at radius 3 is 0.583 bits per heavy atom. The van der Waals surface area contributed by atoms with Gasteiger partial charge in [0.05, 0.1) is 0 Å². The van der Waals surface area contributed by atoms with Gasteiger partial charge in [-0.3, -0.25) is 0 Å². The van der Waals surface area contributed by atoms with Gasteiger partial charge in [-0.15, -0.1) is 0 Å². The molecule has 0 fully saturated rings. The van der Waals surface area contributed by atoms with Crippen molar-refractivity contribution in [2.45, 2.75) is 0 Å². The maximum Gasteiger partial charge on any atom is 0.328 e. The van der Waals surface area contributed by atoms with E-state index in [9.17, 15) is 54.6 Å². The molecule has 354 valence electrons. The van der Waals surface area contributed by atoms with E-state index < -0.39 is 29.8 Å². The van der Waals surface area contributed by atoms with E-state index in [2.05, 4.69) is 24.8 Å². The van der Waals surface area contributed by atoms with Crippen LogP contribution in [0, 0.1) is 0 Å². The van der Waals surface area contributed by atoms with Crippen LogP contribution in [-0.4, -0.2) is 60.5 Å². The fourth-order valence-corrected chi connectivity index (χ4v) is 7.83. The molecular weight excluding hydrogens is 909 g/mol. The number of carboxylic acids is 5. The Balaban J connectivity index is 1.31. The van der Waals surface area contributed by atoms with E-state index in [1.165, 1.54) is 36.5 Å². The van der Waals surface area contributed by atoms with Crippen LogP contribution in [0.2, 0.25) is 0 Å². The second kappa shape index (κ2) is 22.8. The molecule has 0 heterocycles. The third-order valence-electron chi connectivity index (χ3n) is 11.1. The molecule has 0 unspecified atom stereocenters. The number of aliphatic hydroxyl groups is 1. The van der Waals surface area contributed by atoms with Crippen LogP contribution in [-0.2, 0) is 24.0 Å². The lowest BCUT2D eigenvalue weighted by Gasteiger charge is -2.14. The minimum Gasteiger partial charge on any atom is -0.509 e. The maximum atomic E-state index is 11.4. The Bertz CT molecular complexity index is 2940. The molecule has 0 aliphatic rings. The van der Waals surface area contributed by atoms with Crippen molar-refractivity contribution < 1.29 is 54.6 Å². The number of hydrogen-bond donors (Lipinski definition) is 6. The topological polar surface area (TPSA) is 207 Å². The smallest absolute Gasteiger partial charge is 0.328 e. The zero-order valence-electron chi connectivity index (χ0n) is 38.2. The number of rotatable bonds is 18. The average Bonchev–Trinajstić information content (AvgIpc) is 3.37. The standard InChI is InChI=1S/C61H44O11/c1-38(62)2-3-39-26-40(4-21-57(63)64)30-51(29-39)45-9-15-48(16-10-45)54-35-55(49-17-11-46(12-18-49)52-31-41(5-22-58(65)66)27-42(32-52)6-23-59(67)68)37-56(36-54)50-19-13-47(14-20-50)53-33-43(7-24-60(69)70)28-44(34-53)8-25-61(71)72/h2-37,62H,1H2,(H,63,64)(H,65,66)(H,67,68)(H,69,70)(H,71,72)/b3-2+,21-4+,22-5+,23-6+,24-7+,25-8+. The lowest BCUT2D eigenvalue weighted by atomic mass is 9.91. The Morgan fingerprint density at radius 1 is 0.250 bits per heavy atom. The monoisotopic (exact) mass is 952 g/mol. The number of aliphatic hydroxyl groups excluding tert-OH is 1. The van der Waals surface area contributed by atoms with Crippen molar-refractivity contribution >= 4 is 66.3 Å². The maximum absolute atomic E-state index is 11.4. The van der Waals surface area contributed by atoms with Crippen LogP contribution < -0.4 is 0 Å². The van der Waals surface area contributed by atoms with E-state index in [4.69, 9.17) is 0 Å². The first-order valence-corrected chi connectivity index (χ1v) is 22.1. The fourth-order valence-electron chi connectivity index (χ4n) is 7.83. The van der Waals surface area contributed by atoms with Crippen LogP contribution in [0.1, 0.15) is 33.4 Å². The van der Waals surface area contributed by atoms with Gasteiger partial charge in [0.15, 0.2) is 0 Å². The second-order valence-electron chi connectivity index (χ2n) is 16.4. The van der Waals surface area contributed by atoms with Gasteiger partial charge in [-0.2, -0.15) is 0 Å². The first-order chi connectivity index (χ1) is 34.5. The van der Waals surface area contributed by atoms with Crippen molar-refractivity contribution in [3.05, 3.63) is 228 Å². The first kappa shape index (κ1) is 49.8. The minimum atomic E-state index is -1.12. The van der Waals surface area contributed by atoms with E-state index in [0.717, 1.165) is 103 Å². The number of allylic oxidation sites excluding steroid dienone is 1. The van der Waals surface area contributed by atoms with Crippen molar-refractivity contribution in [1.82, 2.24) is 0 Å². The molecule has 0 saturated carbocycles. The van der Waals surface area contributed by atoms with Crippen LogP contribution in [0.4, 0.5) is 0 Å². The van der Waals surface area contributed by atoms with Crippen LogP contribution >= 0.6 is 0 Å². The van der Waals surface area contributed by atoms with Crippen LogP contribution in [0.25, 0.3) is 103 Å². The summed E-state index contributed by atoms with van der Waals surface area (Å²) in [4.78, 5) is 56.7. The van der Waals surface area contributed by atoms with Crippen molar-refractivity contribution in [2.24, 2.45) is 0 Å². The molecule has 7 aromatic rings. The quantitative estimate of drug-likeness (QED) is 0.0271. The Morgan fingerprint density at radius 2 is 0.417 bits per heavy atom. The Kier molecular flexibility index (Phi) is 15.7. The van der Waals surface area contributed by atoms with E-state index in [0.29, 0.717) is 27.8 Å². The van der Waals surface area contributed by atoms with Crippen molar-refractivity contribution in [2.75, 3.05) is 0 Å². The molecule has 0 atom stereocenters. The molecule has 11 heteroatoms. The molecule has 0 saturated heterocycles. The van der Waals surface area contributed by atoms with Gasteiger partial charge in [-0.25, -0.2) is 24.0 Å². The van der Waals surface area contributed by atoms with Gasteiger partial charge in [-0.1, -0.05) is 85.5 Å². The summed E-state index contributed by atoms with van der Waals surface area (Å²) in [6, 6.07) is 46.1. The first-order valence-electron chi connectivity index (χ1n) is 22.1. The van der Waals surface area contributed by atoms with Gasteiger partial charge in [-0.05, 0) is 209 Å². The third kappa shape index (κ3) is 14.0. The molecular formula is C61H44O11. The van der Waals surface area contributed by atoms with Gasteiger partial charge in [0, 0.05) is 30.4 Å². The van der Waals surface area contributed by atoms with E-state index in [-0.39, 0.29) is 5.76 Å². The fraction of sp³-hybridized carbons (Fsp3) is 0. The van der Waals surface area contributed by atoms with Crippen molar-refractivity contribution in [1.29, 1.82) is 0 Å². The molecule has 0 aliphatic heterocycles. The number of carbonyl (C=O) groups is 5. The second-order valence-corrected chi connectivity index (χ2v) is 16.4. The van der Waals surface area contributed by atoms with E-state index in [1.54, 1.807) is 24.3 Å². The van der Waals surface area contributed by atoms with Gasteiger partial charge in [0.1, 0.15) is 5.76 Å². The minimum absolute atomic E-state index is 0.127. The summed E-state index contributed by atoms with van der Waals surface area (Å²) in [5.41, 5.74) is 13.8. The largest absolute Gasteiger partial charge is 0.509 e. The molecule has 7 aromatic carbocycles. The summed E-state index contributed by atoms with van der Waals surface area (Å²) in [5, 5.41) is 56.1. The van der Waals surface area contributed by atoms with Crippen molar-refractivity contribution in [3.63, 3.8) is 0 Å². The zero-order chi connectivity index (χ0) is 51.3. The zero-order valence-corrected chi connectivity index (χ0v) is 38.2. The highest BCUT2D eigenvalue weighted by atomic mass is 16.4. The molecule has 72 heavy (non-hydrogen) atoms. The summed E-state index contributed by atoms with van der Waals surface area (Å²) in [6.45, 7) is 3.52. The summed E-state index contributed by atoms with van der Waals surface area (Å²) >= 11 is 0. The van der Waals surface area contributed by atoms with E-state index >= 15 is 0 Å². The number of carboxylic acid groups (broad SMARTS) is 5. The summed E-state index contributed by atoms with van der Waals surface area (Å²) in [7, 11) is 0. The Hall–Kier alpha value is -10.1. The highest BCUT2D eigenvalue weighted by Gasteiger charge is 2.12. The highest BCUT2D eigenvalue weighted by Crippen LogP contribution is 2.37. The lowest BCUT2D eigenvalue weighted by molar-refractivity contribution is -0.132. The van der Waals surface area contributed by atoms with Gasteiger partial charge >= 0.3 is 29.8 Å². The molecule has 0 aliphatic carbocycles. The SMILES string of the molecule is C=C(O)/C=C/c1cc(/C=C/C(=O)O)cc(-c2ccc(-c3cc(-c4ccc(-c5cc(/C=C/C(=O)O)cc(/C=C/C(=O)O)c5)cc4)cc(-c4ccc(-c5cc(/C=C/C(=O)O)cc(/C=C/C(=O)O)c5)cc4)c3)cc2)c1. The molecule has 7 rings (SSSR count). The lowest BCUT2D eigenvalue weighted by Crippen LogP contribution is -1.90. The Labute approximate surface area is 413 Å². The highest BCUT2D eigenvalue weighted by molar-refractivity contribution is 5.91.